The van der Waals surface area contributed by atoms with Crippen molar-refractivity contribution in [1.29, 1.82) is 0 Å². The third kappa shape index (κ3) is 4.69. The van der Waals surface area contributed by atoms with Crippen LogP contribution in [0.3, 0.4) is 0 Å². The highest BCUT2D eigenvalue weighted by Gasteiger charge is 2.34. The number of nitrogens with zero attached hydrogens (tertiary/aromatic N) is 2. The first-order valence-electron chi connectivity index (χ1n) is 19.3. The average Bonchev–Trinajstić information content (AvgIpc) is 3.93. The molecule has 3 aromatic heterocycles. The van der Waals surface area contributed by atoms with Crippen LogP contribution in [0.4, 0.5) is 11.4 Å². The fraction of sp³-hybridized carbons (Fsp3) is 0.0385. The first kappa shape index (κ1) is 31.5. The van der Waals surface area contributed by atoms with Gasteiger partial charge >= 0.3 is 0 Å². The quantitative estimate of drug-likeness (QED) is 0.176. The molecule has 0 aliphatic heterocycles. The number of benzene rings is 7. The maximum Gasteiger partial charge on any atom is 0.136 e. The van der Waals surface area contributed by atoms with Crippen molar-refractivity contribution in [3.05, 3.63) is 205 Å². The minimum absolute atomic E-state index is 0.00713. The molecule has 264 valence electrons. The summed E-state index contributed by atoms with van der Waals surface area (Å²) in [5.41, 5.74) is 11.5. The molecule has 7 aromatic carbocycles. The molecule has 2 atom stereocenters. The Balaban J connectivity index is 1.08. The van der Waals surface area contributed by atoms with Gasteiger partial charge in [-0.2, -0.15) is 0 Å². The molecule has 0 bridgehead atoms. The average molecular weight is 735 g/mol. The van der Waals surface area contributed by atoms with E-state index in [0.29, 0.717) is 0 Å². The fourth-order valence-corrected chi connectivity index (χ4v) is 10.5. The number of hydrogen-bond donors (Lipinski definition) is 0. The highest BCUT2D eigenvalue weighted by Crippen LogP contribution is 2.48. The lowest BCUT2D eigenvalue weighted by atomic mass is 9.78. The van der Waals surface area contributed by atoms with Gasteiger partial charge in [-0.15, -0.1) is 11.3 Å². The summed E-state index contributed by atoms with van der Waals surface area (Å²) < 4.78 is 11.4. The van der Waals surface area contributed by atoms with Gasteiger partial charge in [0.25, 0.3) is 0 Å². The van der Waals surface area contributed by atoms with Gasteiger partial charge in [-0.1, -0.05) is 134 Å². The highest BCUT2D eigenvalue weighted by molar-refractivity contribution is 7.26. The van der Waals surface area contributed by atoms with Crippen LogP contribution in [0.25, 0.3) is 75.2 Å². The number of hydrogen-bond acceptors (Lipinski definition) is 3. The summed E-state index contributed by atoms with van der Waals surface area (Å²) in [4.78, 5) is 2.61. The molecule has 3 nitrogen and oxygen atoms in total. The number of allylic oxidation sites excluding steroid dienone is 5. The zero-order valence-corrected chi connectivity index (χ0v) is 31.2. The lowest BCUT2D eigenvalue weighted by Gasteiger charge is -2.40. The molecule has 0 fully saturated rings. The zero-order chi connectivity index (χ0) is 36.7. The molecule has 0 saturated carbocycles. The normalized spacial score (nSPS) is 16.6. The van der Waals surface area contributed by atoms with E-state index in [1.165, 1.54) is 58.8 Å². The van der Waals surface area contributed by atoms with Crippen LogP contribution in [0.1, 0.15) is 5.56 Å². The molecule has 3 heterocycles. The van der Waals surface area contributed by atoms with E-state index in [2.05, 4.69) is 198 Å². The highest BCUT2D eigenvalue weighted by atomic mass is 32.1. The van der Waals surface area contributed by atoms with Gasteiger partial charge in [0.15, 0.2) is 0 Å². The Hall–Kier alpha value is -6.88. The standard InChI is InChI=1S/C52H34N2OS/c1-2-13-34(14-3-1)53-45-21-9-6-17-39(45)40-28-26-35(32-48(40)53)54(47-22-12-20-44-43-19-8-11-24-51(43)56-52(44)47)46-30-29-36(37-15-4-5-16-38(37)46)33-25-27-42-41-18-7-10-23-49(41)55-50(42)31-33/h1-32,38,46H. The molecule has 10 aromatic rings. The van der Waals surface area contributed by atoms with Crippen molar-refractivity contribution in [2.75, 3.05) is 4.90 Å². The van der Waals surface area contributed by atoms with Crippen molar-refractivity contribution < 1.29 is 4.42 Å². The van der Waals surface area contributed by atoms with E-state index in [4.69, 9.17) is 4.42 Å². The van der Waals surface area contributed by atoms with Gasteiger partial charge in [-0.25, -0.2) is 0 Å². The van der Waals surface area contributed by atoms with E-state index < -0.39 is 0 Å². The molecule has 56 heavy (non-hydrogen) atoms. The summed E-state index contributed by atoms with van der Waals surface area (Å²) >= 11 is 1.89. The Bertz CT molecular complexity index is 3330. The van der Waals surface area contributed by atoms with Crippen LogP contribution < -0.4 is 4.90 Å². The van der Waals surface area contributed by atoms with Crippen molar-refractivity contribution >= 4 is 92.2 Å². The molecule has 2 aliphatic rings. The molecule has 0 N–H and O–H groups in total. The summed E-state index contributed by atoms with van der Waals surface area (Å²) in [5, 5.41) is 7.40. The molecule has 4 heteroatoms. The number of fused-ring (bicyclic) bond motifs is 10. The minimum atomic E-state index is 0.00713. The van der Waals surface area contributed by atoms with Crippen LogP contribution in [0.5, 0.6) is 0 Å². The Kier molecular flexibility index (Phi) is 6.92. The van der Waals surface area contributed by atoms with Crippen molar-refractivity contribution in [1.82, 2.24) is 4.57 Å². The molecule has 2 unspecified atom stereocenters. The number of aromatic nitrogens is 1. The lowest BCUT2D eigenvalue weighted by Crippen LogP contribution is -2.38. The van der Waals surface area contributed by atoms with Gasteiger partial charge in [0.05, 0.1) is 27.5 Å². The summed E-state index contributed by atoms with van der Waals surface area (Å²) in [5.74, 6) is 0.103. The van der Waals surface area contributed by atoms with Crippen LogP contribution in [0, 0.1) is 5.92 Å². The van der Waals surface area contributed by atoms with Crippen molar-refractivity contribution in [3.8, 4) is 5.69 Å². The minimum Gasteiger partial charge on any atom is -0.456 e. The summed E-state index contributed by atoms with van der Waals surface area (Å²) in [6.45, 7) is 0. The molecule has 0 spiro atoms. The van der Waals surface area contributed by atoms with E-state index in [1.54, 1.807) is 0 Å². The second kappa shape index (κ2) is 12.3. The maximum atomic E-state index is 6.37. The van der Waals surface area contributed by atoms with E-state index >= 15 is 0 Å². The van der Waals surface area contributed by atoms with Crippen LogP contribution in [-0.4, -0.2) is 10.6 Å². The van der Waals surface area contributed by atoms with Crippen LogP contribution in [0.15, 0.2) is 204 Å². The third-order valence-corrected chi connectivity index (χ3v) is 13.0. The lowest BCUT2D eigenvalue weighted by molar-refractivity contribution is 0.643. The number of anilines is 2. The fourth-order valence-electron chi connectivity index (χ4n) is 9.30. The predicted octanol–water partition coefficient (Wildman–Crippen LogP) is 14.3. The van der Waals surface area contributed by atoms with E-state index in [9.17, 15) is 0 Å². The third-order valence-electron chi connectivity index (χ3n) is 11.8. The molecule has 0 radical (unpaired) electrons. The summed E-state index contributed by atoms with van der Waals surface area (Å²) in [6.07, 6.45) is 13.9. The number of rotatable bonds is 5. The largest absolute Gasteiger partial charge is 0.456 e. The van der Waals surface area contributed by atoms with Crippen molar-refractivity contribution in [2.24, 2.45) is 5.92 Å². The van der Waals surface area contributed by atoms with E-state index in [1.807, 2.05) is 17.4 Å². The van der Waals surface area contributed by atoms with E-state index in [0.717, 1.165) is 38.9 Å². The smallest absolute Gasteiger partial charge is 0.136 e. The van der Waals surface area contributed by atoms with Crippen LogP contribution in [-0.2, 0) is 0 Å². The van der Waals surface area contributed by atoms with E-state index in [-0.39, 0.29) is 12.0 Å². The number of para-hydroxylation sites is 3. The monoisotopic (exact) mass is 734 g/mol. The number of thiophene rings is 1. The van der Waals surface area contributed by atoms with Crippen molar-refractivity contribution in [2.45, 2.75) is 6.04 Å². The van der Waals surface area contributed by atoms with Gasteiger partial charge in [-0.05, 0) is 77.4 Å². The van der Waals surface area contributed by atoms with Gasteiger partial charge < -0.3 is 13.9 Å². The number of furan rings is 1. The molecular weight excluding hydrogens is 701 g/mol. The van der Waals surface area contributed by atoms with Gasteiger partial charge in [0.2, 0.25) is 0 Å². The van der Waals surface area contributed by atoms with Gasteiger partial charge in [0.1, 0.15) is 11.2 Å². The molecule has 0 saturated heterocycles. The molecule has 0 amide bonds. The Morgan fingerprint density at radius 1 is 0.536 bits per heavy atom. The first-order valence-corrected chi connectivity index (χ1v) is 20.1. The maximum absolute atomic E-state index is 6.37. The summed E-state index contributed by atoms with van der Waals surface area (Å²) in [6, 6.07) is 57.3. The predicted molar refractivity (Wildman–Crippen MR) is 238 cm³/mol. The SMILES string of the molecule is C1=CC2=C(c3ccc4c(c3)oc3ccccc34)C=CC(N(c3ccc4c5ccccc5n(-c5ccccc5)c4c3)c3cccc4c3sc3ccccc34)C2C=C1. The zero-order valence-electron chi connectivity index (χ0n) is 30.3. The molecule has 12 rings (SSSR count). The van der Waals surface area contributed by atoms with Gasteiger partial charge in [-0.3, -0.25) is 0 Å². The first-order chi connectivity index (χ1) is 27.8. The van der Waals surface area contributed by atoms with Gasteiger partial charge in [0, 0.05) is 54.3 Å². The Labute approximate surface area is 327 Å². The second-order valence-corrected chi connectivity index (χ2v) is 15.9. The molecule has 2 aliphatic carbocycles. The Morgan fingerprint density at radius 3 is 2.21 bits per heavy atom. The Morgan fingerprint density at radius 2 is 1.29 bits per heavy atom. The second-order valence-electron chi connectivity index (χ2n) is 14.8. The summed E-state index contributed by atoms with van der Waals surface area (Å²) in [7, 11) is 0. The topological polar surface area (TPSA) is 21.3 Å². The van der Waals surface area contributed by atoms with Crippen LogP contribution in [0.2, 0.25) is 0 Å². The molecular formula is C52H34N2OS. The van der Waals surface area contributed by atoms with Crippen LogP contribution >= 0.6 is 11.3 Å². The van der Waals surface area contributed by atoms with Crippen molar-refractivity contribution in [3.63, 3.8) is 0 Å².